The summed E-state index contributed by atoms with van der Waals surface area (Å²) in [7, 11) is -3.59. The van der Waals surface area contributed by atoms with Gasteiger partial charge >= 0.3 is 0 Å². The summed E-state index contributed by atoms with van der Waals surface area (Å²) in [4.78, 5) is -0.191. The highest BCUT2D eigenvalue weighted by molar-refractivity contribution is 7.92. The Balaban J connectivity index is 1.87. The number of hydrogen-bond donors (Lipinski definition) is 1. The number of benzene rings is 1. The summed E-state index contributed by atoms with van der Waals surface area (Å²) in [6, 6.07) is 4.56. The Kier molecular flexibility index (Phi) is 3.79. The number of nitrogens with one attached hydrogen (secondary N) is 1. The minimum atomic E-state index is -3.59. The van der Waals surface area contributed by atoms with Crippen molar-refractivity contribution >= 4 is 9.84 Å². The molecule has 1 aromatic carbocycles. The zero-order valence-electron chi connectivity index (χ0n) is 11.1. The third kappa shape index (κ3) is 2.47. The second-order valence-corrected chi connectivity index (χ2v) is 7.62. The summed E-state index contributed by atoms with van der Waals surface area (Å²) in [5, 5.41) is 2.67. The van der Waals surface area contributed by atoms with E-state index in [-0.39, 0.29) is 18.1 Å². The smallest absolute Gasteiger partial charge is 0.188 e. The molecule has 2 aliphatic rings. The summed E-state index contributed by atoms with van der Waals surface area (Å²) in [5.74, 6) is -0.317. The standard InChI is InChI=1S/C14H18FNO3S/c15-13-7-11(10-3-5-16-6-4-10)1-2-14(13)20(17,18)12-8-19-9-12/h1-2,7,10,12,16H,3-6,8-9H2. The van der Waals surface area contributed by atoms with Crippen LogP contribution in [0.5, 0.6) is 0 Å². The Morgan fingerprint density at radius 3 is 2.45 bits per heavy atom. The molecule has 2 fully saturated rings. The van der Waals surface area contributed by atoms with Crippen LogP contribution in [0.1, 0.15) is 24.3 Å². The zero-order chi connectivity index (χ0) is 14.2. The topological polar surface area (TPSA) is 55.4 Å². The molecule has 0 atom stereocenters. The van der Waals surface area contributed by atoms with E-state index in [1.165, 1.54) is 12.1 Å². The van der Waals surface area contributed by atoms with E-state index in [0.717, 1.165) is 31.5 Å². The fourth-order valence-corrected chi connectivity index (χ4v) is 4.23. The van der Waals surface area contributed by atoms with Crippen LogP contribution in [-0.4, -0.2) is 40.0 Å². The minimum Gasteiger partial charge on any atom is -0.379 e. The molecule has 0 saturated carbocycles. The van der Waals surface area contributed by atoms with Crippen LogP contribution < -0.4 is 5.32 Å². The van der Waals surface area contributed by atoms with E-state index in [4.69, 9.17) is 4.74 Å². The van der Waals surface area contributed by atoms with Gasteiger partial charge in [-0.1, -0.05) is 6.07 Å². The minimum absolute atomic E-state index is 0.165. The molecular weight excluding hydrogens is 281 g/mol. The molecule has 0 bridgehead atoms. The molecule has 0 unspecified atom stereocenters. The summed E-state index contributed by atoms with van der Waals surface area (Å²) in [6.45, 7) is 2.17. The van der Waals surface area contributed by atoms with Gasteiger partial charge in [-0.25, -0.2) is 12.8 Å². The van der Waals surface area contributed by atoms with E-state index < -0.39 is 20.9 Å². The average Bonchev–Trinajstić information content (AvgIpc) is 2.36. The molecule has 2 saturated heterocycles. The highest BCUT2D eigenvalue weighted by atomic mass is 32.2. The Bertz CT molecular complexity index is 592. The summed E-state index contributed by atoms with van der Waals surface area (Å²) in [6.07, 6.45) is 1.92. The fraction of sp³-hybridized carbons (Fsp3) is 0.571. The Labute approximate surface area is 118 Å². The highest BCUT2D eigenvalue weighted by Gasteiger charge is 2.35. The predicted molar refractivity (Wildman–Crippen MR) is 73.0 cm³/mol. The molecule has 0 spiro atoms. The van der Waals surface area contributed by atoms with Crippen molar-refractivity contribution in [1.29, 1.82) is 0 Å². The van der Waals surface area contributed by atoms with Crippen molar-refractivity contribution in [1.82, 2.24) is 5.32 Å². The molecule has 4 nitrogen and oxygen atoms in total. The largest absolute Gasteiger partial charge is 0.379 e. The highest BCUT2D eigenvalue weighted by Crippen LogP contribution is 2.30. The van der Waals surface area contributed by atoms with Crippen molar-refractivity contribution in [3.8, 4) is 0 Å². The van der Waals surface area contributed by atoms with Gasteiger partial charge in [0.2, 0.25) is 0 Å². The van der Waals surface area contributed by atoms with Gasteiger partial charge in [0.05, 0.1) is 13.2 Å². The summed E-state index contributed by atoms with van der Waals surface area (Å²) in [5.41, 5.74) is 0.896. The van der Waals surface area contributed by atoms with Crippen molar-refractivity contribution in [3.05, 3.63) is 29.6 Å². The van der Waals surface area contributed by atoms with Crippen LogP contribution in [0.4, 0.5) is 4.39 Å². The number of piperidine rings is 1. The molecule has 0 amide bonds. The van der Waals surface area contributed by atoms with Crippen LogP contribution in [-0.2, 0) is 14.6 Å². The summed E-state index contributed by atoms with van der Waals surface area (Å²) >= 11 is 0. The monoisotopic (exact) mass is 299 g/mol. The third-order valence-corrected chi connectivity index (χ3v) is 6.21. The first kappa shape index (κ1) is 14.0. The van der Waals surface area contributed by atoms with Gasteiger partial charge in [0, 0.05) is 0 Å². The Morgan fingerprint density at radius 2 is 1.90 bits per heavy atom. The van der Waals surface area contributed by atoms with Crippen LogP contribution in [0.3, 0.4) is 0 Å². The second-order valence-electron chi connectivity index (χ2n) is 5.42. The van der Waals surface area contributed by atoms with Gasteiger partial charge in [0.1, 0.15) is 16.0 Å². The molecule has 2 aliphatic heterocycles. The van der Waals surface area contributed by atoms with Crippen molar-refractivity contribution in [3.63, 3.8) is 0 Å². The molecule has 1 N–H and O–H groups in total. The van der Waals surface area contributed by atoms with Crippen molar-refractivity contribution in [2.75, 3.05) is 26.3 Å². The number of halogens is 1. The van der Waals surface area contributed by atoms with Crippen LogP contribution in [0.15, 0.2) is 23.1 Å². The maximum atomic E-state index is 14.2. The van der Waals surface area contributed by atoms with E-state index in [0.29, 0.717) is 5.92 Å². The lowest BCUT2D eigenvalue weighted by molar-refractivity contribution is 0.0415. The molecule has 1 aromatic rings. The SMILES string of the molecule is O=S(=O)(c1ccc(C2CCNCC2)cc1F)C1COC1. The molecule has 6 heteroatoms. The van der Waals surface area contributed by atoms with Crippen molar-refractivity contribution in [2.45, 2.75) is 28.9 Å². The molecule has 3 rings (SSSR count). The quantitative estimate of drug-likeness (QED) is 0.918. The lowest BCUT2D eigenvalue weighted by Crippen LogP contribution is -2.41. The van der Waals surface area contributed by atoms with E-state index in [9.17, 15) is 12.8 Å². The van der Waals surface area contributed by atoms with Crippen LogP contribution in [0.25, 0.3) is 0 Å². The molecular formula is C14H18FNO3S. The van der Waals surface area contributed by atoms with E-state index in [1.807, 2.05) is 0 Å². The van der Waals surface area contributed by atoms with Crippen LogP contribution in [0.2, 0.25) is 0 Å². The fourth-order valence-electron chi connectivity index (χ4n) is 2.73. The number of ether oxygens (including phenoxy) is 1. The molecule has 110 valence electrons. The lowest BCUT2D eigenvalue weighted by atomic mass is 9.90. The van der Waals surface area contributed by atoms with Gasteiger partial charge in [0.25, 0.3) is 0 Å². The van der Waals surface area contributed by atoms with Gasteiger partial charge in [0.15, 0.2) is 9.84 Å². The maximum absolute atomic E-state index is 14.2. The van der Waals surface area contributed by atoms with Gasteiger partial charge in [-0.05, 0) is 49.5 Å². The first-order chi connectivity index (χ1) is 9.59. The lowest BCUT2D eigenvalue weighted by Gasteiger charge is -2.26. The number of rotatable bonds is 3. The normalized spacial score (nSPS) is 21.6. The summed E-state index contributed by atoms with van der Waals surface area (Å²) < 4.78 is 43.5. The molecule has 0 radical (unpaired) electrons. The first-order valence-corrected chi connectivity index (χ1v) is 8.45. The van der Waals surface area contributed by atoms with Gasteiger partial charge in [-0.15, -0.1) is 0 Å². The Hall–Kier alpha value is -0.980. The third-order valence-electron chi connectivity index (χ3n) is 4.12. The van der Waals surface area contributed by atoms with E-state index in [1.54, 1.807) is 6.07 Å². The predicted octanol–water partition coefficient (Wildman–Crippen LogP) is 1.47. The van der Waals surface area contributed by atoms with Crippen LogP contribution >= 0.6 is 0 Å². The number of sulfone groups is 1. The van der Waals surface area contributed by atoms with Gasteiger partial charge in [-0.3, -0.25) is 0 Å². The number of hydrogen-bond acceptors (Lipinski definition) is 4. The maximum Gasteiger partial charge on any atom is 0.188 e. The average molecular weight is 299 g/mol. The molecule has 20 heavy (non-hydrogen) atoms. The zero-order valence-corrected chi connectivity index (χ0v) is 12.0. The Morgan fingerprint density at radius 1 is 1.20 bits per heavy atom. The van der Waals surface area contributed by atoms with Crippen molar-refractivity contribution in [2.24, 2.45) is 0 Å². The van der Waals surface area contributed by atoms with Crippen molar-refractivity contribution < 1.29 is 17.5 Å². The van der Waals surface area contributed by atoms with Crippen LogP contribution in [0, 0.1) is 5.82 Å². The van der Waals surface area contributed by atoms with Gasteiger partial charge < -0.3 is 10.1 Å². The molecule has 0 aliphatic carbocycles. The molecule has 0 aromatic heterocycles. The van der Waals surface area contributed by atoms with Gasteiger partial charge in [-0.2, -0.15) is 0 Å². The molecule has 2 heterocycles. The van der Waals surface area contributed by atoms with E-state index >= 15 is 0 Å². The van der Waals surface area contributed by atoms with E-state index in [2.05, 4.69) is 5.32 Å². The first-order valence-electron chi connectivity index (χ1n) is 6.91. The second kappa shape index (κ2) is 5.42.